The Morgan fingerprint density at radius 1 is 1.35 bits per heavy atom. The van der Waals surface area contributed by atoms with Crippen LogP contribution in [0.15, 0.2) is 11.2 Å². The Hall–Kier alpha value is -1.01. The summed E-state index contributed by atoms with van der Waals surface area (Å²) < 4.78 is 11.8. The van der Waals surface area contributed by atoms with Gasteiger partial charge in [-0.3, -0.25) is 0 Å². The molecule has 2 heterocycles. The molecule has 1 aliphatic rings. The molecular weight excluding hydrogens is 274 g/mol. The van der Waals surface area contributed by atoms with Gasteiger partial charge in [-0.1, -0.05) is 11.8 Å². The largest absolute Gasteiger partial charge is 0.474 e. The van der Waals surface area contributed by atoms with Crippen LogP contribution in [0.3, 0.4) is 0 Å². The van der Waals surface area contributed by atoms with E-state index in [4.69, 9.17) is 9.47 Å². The predicted octanol–water partition coefficient (Wildman–Crippen LogP) is 2.97. The molecule has 0 aromatic carbocycles. The number of hydrogen-bond donors (Lipinski definition) is 1. The van der Waals surface area contributed by atoms with Gasteiger partial charge in [-0.2, -0.15) is 4.98 Å². The van der Waals surface area contributed by atoms with E-state index >= 15 is 0 Å². The van der Waals surface area contributed by atoms with Crippen molar-refractivity contribution < 1.29 is 9.47 Å². The number of anilines is 1. The normalized spacial score (nSPS) is 26.3. The molecule has 2 atom stereocenters. The molecule has 20 heavy (non-hydrogen) atoms. The van der Waals surface area contributed by atoms with E-state index in [-0.39, 0.29) is 18.3 Å². The molecule has 0 radical (unpaired) electrons. The molecule has 0 amide bonds. The van der Waals surface area contributed by atoms with E-state index in [0.29, 0.717) is 5.88 Å². The van der Waals surface area contributed by atoms with Crippen molar-refractivity contribution >= 4 is 17.6 Å². The smallest absolute Gasteiger partial charge is 0.219 e. The maximum atomic E-state index is 6.04. The first kappa shape index (κ1) is 15.4. The molecule has 112 valence electrons. The molecule has 0 spiro atoms. The summed E-state index contributed by atoms with van der Waals surface area (Å²) in [5, 5.41) is 3.94. The third-order valence-electron chi connectivity index (χ3n) is 3.16. The summed E-state index contributed by atoms with van der Waals surface area (Å²) in [6.07, 6.45) is 4.40. The molecule has 1 fully saturated rings. The van der Waals surface area contributed by atoms with Crippen molar-refractivity contribution in [2.45, 2.75) is 57.1 Å². The van der Waals surface area contributed by atoms with Crippen LogP contribution in [0.4, 0.5) is 5.82 Å². The molecule has 5 nitrogen and oxygen atoms in total. The Morgan fingerprint density at radius 2 is 2.05 bits per heavy atom. The molecular formula is C14H23N3O2S. The second kappa shape index (κ2) is 7.13. The van der Waals surface area contributed by atoms with E-state index in [1.807, 2.05) is 19.2 Å². The van der Waals surface area contributed by atoms with Crippen LogP contribution in [0.2, 0.25) is 0 Å². The van der Waals surface area contributed by atoms with E-state index in [0.717, 1.165) is 30.4 Å². The van der Waals surface area contributed by atoms with Crippen LogP contribution in [0.1, 0.15) is 33.6 Å². The molecule has 1 saturated heterocycles. The lowest BCUT2D eigenvalue weighted by Gasteiger charge is -2.32. The minimum atomic E-state index is 0.160. The highest BCUT2D eigenvalue weighted by Gasteiger charge is 2.26. The van der Waals surface area contributed by atoms with Gasteiger partial charge in [0, 0.05) is 25.5 Å². The topological polar surface area (TPSA) is 56.3 Å². The van der Waals surface area contributed by atoms with E-state index in [2.05, 4.69) is 29.1 Å². The Bertz CT molecular complexity index is 434. The van der Waals surface area contributed by atoms with Gasteiger partial charge in [-0.25, -0.2) is 4.98 Å². The van der Waals surface area contributed by atoms with Crippen LogP contribution in [0.5, 0.6) is 5.88 Å². The summed E-state index contributed by atoms with van der Waals surface area (Å²) in [6, 6.07) is 1.87. The molecule has 1 aromatic heterocycles. The monoisotopic (exact) mass is 297 g/mol. The van der Waals surface area contributed by atoms with Gasteiger partial charge in [0.05, 0.1) is 12.2 Å². The standard InChI is InChI=1S/C14H23N3O2S/c1-5-15-12-8-13(17-14(16-12)20-4)19-11-6-9(2)18-10(3)7-11/h8-11H,5-7H2,1-4H3,(H,15,16,17). The van der Waals surface area contributed by atoms with Crippen LogP contribution in [0.25, 0.3) is 0 Å². The third-order valence-corrected chi connectivity index (χ3v) is 3.71. The van der Waals surface area contributed by atoms with Crippen LogP contribution in [-0.2, 0) is 4.74 Å². The van der Waals surface area contributed by atoms with Gasteiger partial charge in [0.1, 0.15) is 11.9 Å². The molecule has 1 aliphatic heterocycles. The Morgan fingerprint density at radius 3 is 2.65 bits per heavy atom. The number of nitrogens with one attached hydrogen (secondary N) is 1. The van der Waals surface area contributed by atoms with Crippen molar-refractivity contribution in [3.63, 3.8) is 0 Å². The lowest BCUT2D eigenvalue weighted by Crippen LogP contribution is -2.35. The lowest BCUT2D eigenvalue weighted by atomic mass is 10.0. The molecule has 2 unspecified atom stereocenters. The Kier molecular flexibility index (Phi) is 5.48. The fourth-order valence-corrected chi connectivity index (χ4v) is 2.81. The van der Waals surface area contributed by atoms with Gasteiger partial charge >= 0.3 is 0 Å². The van der Waals surface area contributed by atoms with Gasteiger partial charge in [-0.15, -0.1) is 0 Å². The van der Waals surface area contributed by atoms with Crippen molar-refractivity contribution in [1.82, 2.24) is 9.97 Å². The molecule has 2 rings (SSSR count). The SMILES string of the molecule is CCNc1cc(OC2CC(C)OC(C)C2)nc(SC)n1. The summed E-state index contributed by atoms with van der Waals surface area (Å²) in [5.41, 5.74) is 0. The molecule has 1 aromatic rings. The minimum absolute atomic E-state index is 0.160. The minimum Gasteiger partial charge on any atom is -0.474 e. The molecule has 0 aliphatic carbocycles. The van der Waals surface area contributed by atoms with E-state index in [1.165, 1.54) is 11.8 Å². The first-order valence-corrected chi connectivity index (χ1v) is 8.32. The van der Waals surface area contributed by atoms with Crippen LogP contribution < -0.4 is 10.1 Å². The number of aromatic nitrogens is 2. The van der Waals surface area contributed by atoms with Crippen LogP contribution >= 0.6 is 11.8 Å². The van der Waals surface area contributed by atoms with Crippen molar-refractivity contribution in [2.24, 2.45) is 0 Å². The van der Waals surface area contributed by atoms with Crippen molar-refractivity contribution in [3.05, 3.63) is 6.07 Å². The number of rotatable bonds is 5. The highest BCUT2D eigenvalue weighted by atomic mass is 32.2. The zero-order valence-corrected chi connectivity index (χ0v) is 13.4. The molecule has 0 saturated carbocycles. The second-order valence-electron chi connectivity index (χ2n) is 5.08. The van der Waals surface area contributed by atoms with Crippen molar-refractivity contribution in [1.29, 1.82) is 0 Å². The third kappa shape index (κ3) is 4.24. The number of hydrogen-bond acceptors (Lipinski definition) is 6. The summed E-state index contributed by atoms with van der Waals surface area (Å²) in [5.74, 6) is 1.46. The fraction of sp³-hybridized carbons (Fsp3) is 0.714. The van der Waals surface area contributed by atoms with E-state index < -0.39 is 0 Å². The zero-order valence-electron chi connectivity index (χ0n) is 12.5. The first-order valence-electron chi connectivity index (χ1n) is 7.09. The number of ether oxygens (including phenoxy) is 2. The highest BCUT2D eigenvalue weighted by Crippen LogP contribution is 2.25. The fourth-order valence-electron chi connectivity index (χ4n) is 2.44. The summed E-state index contributed by atoms with van der Waals surface area (Å²) in [4.78, 5) is 8.83. The highest BCUT2D eigenvalue weighted by molar-refractivity contribution is 7.98. The van der Waals surface area contributed by atoms with Gasteiger partial charge in [0.25, 0.3) is 0 Å². The quantitative estimate of drug-likeness (QED) is 0.666. The average molecular weight is 297 g/mol. The maximum absolute atomic E-state index is 6.04. The van der Waals surface area contributed by atoms with Gasteiger partial charge in [0.15, 0.2) is 5.16 Å². The Balaban J connectivity index is 2.09. The van der Waals surface area contributed by atoms with Crippen LogP contribution in [-0.4, -0.2) is 41.1 Å². The molecule has 1 N–H and O–H groups in total. The van der Waals surface area contributed by atoms with Crippen molar-refractivity contribution in [2.75, 3.05) is 18.1 Å². The van der Waals surface area contributed by atoms with Gasteiger partial charge < -0.3 is 14.8 Å². The van der Waals surface area contributed by atoms with Crippen LogP contribution in [0, 0.1) is 0 Å². The number of thioether (sulfide) groups is 1. The van der Waals surface area contributed by atoms with E-state index in [1.54, 1.807) is 0 Å². The second-order valence-corrected chi connectivity index (χ2v) is 5.85. The van der Waals surface area contributed by atoms with Gasteiger partial charge in [0.2, 0.25) is 5.88 Å². The summed E-state index contributed by atoms with van der Waals surface area (Å²) in [7, 11) is 0. The first-order chi connectivity index (χ1) is 9.60. The molecule has 0 bridgehead atoms. The van der Waals surface area contributed by atoms with Gasteiger partial charge in [-0.05, 0) is 27.0 Å². The predicted molar refractivity (Wildman–Crippen MR) is 81.6 cm³/mol. The lowest BCUT2D eigenvalue weighted by molar-refractivity contribution is -0.0730. The molecule has 6 heteroatoms. The summed E-state index contributed by atoms with van der Waals surface area (Å²) in [6.45, 7) is 7.05. The van der Waals surface area contributed by atoms with E-state index in [9.17, 15) is 0 Å². The maximum Gasteiger partial charge on any atom is 0.219 e. The summed E-state index contributed by atoms with van der Waals surface area (Å²) >= 11 is 1.52. The van der Waals surface area contributed by atoms with Crippen molar-refractivity contribution in [3.8, 4) is 5.88 Å². The zero-order chi connectivity index (χ0) is 14.5. The Labute approximate surface area is 124 Å². The number of nitrogens with zero attached hydrogens (tertiary/aromatic N) is 2. The average Bonchev–Trinajstić information content (AvgIpc) is 2.37.